The van der Waals surface area contributed by atoms with Crippen LogP contribution in [-0.4, -0.2) is 67.6 Å². The summed E-state index contributed by atoms with van der Waals surface area (Å²) < 4.78 is 4.40. The van der Waals surface area contributed by atoms with Crippen molar-refractivity contribution < 1.29 is 0 Å². The fraction of sp³-hybridized carbons (Fsp3) is 0.750. The minimum atomic E-state index is 0.730. The quantitative estimate of drug-likeness (QED) is 0.624. The highest BCUT2D eigenvalue weighted by Crippen LogP contribution is 2.19. The normalized spacial score (nSPS) is 23.8. The third kappa shape index (κ3) is 5.33. The second-order valence-electron chi connectivity index (χ2n) is 9.38. The molecule has 0 N–H and O–H groups in total. The van der Waals surface area contributed by atoms with E-state index < -0.39 is 0 Å². The third-order valence-corrected chi connectivity index (χ3v) is 7.16. The molecule has 0 saturated carbocycles. The summed E-state index contributed by atoms with van der Waals surface area (Å²) in [6.45, 7) is 9.60. The molecule has 2 aromatic rings. The van der Waals surface area contributed by atoms with Crippen LogP contribution < -0.4 is 0 Å². The van der Waals surface area contributed by atoms with Gasteiger partial charge in [-0.25, -0.2) is 4.68 Å². The van der Waals surface area contributed by atoms with Crippen molar-refractivity contribution in [3.05, 3.63) is 36.2 Å². The zero-order valence-electron chi connectivity index (χ0n) is 19.0. The van der Waals surface area contributed by atoms with Gasteiger partial charge in [-0.3, -0.25) is 4.68 Å². The summed E-state index contributed by atoms with van der Waals surface area (Å²) in [5, 5.41) is 9.23. The van der Waals surface area contributed by atoms with Crippen LogP contribution in [-0.2, 0) is 12.8 Å². The highest BCUT2D eigenvalue weighted by atomic mass is 15.5. The predicted octanol–water partition coefficient (Wildman–Crippen LogP) is 4.01. The van der Waals surface area contributed by atoms with Crippen LogP contribution >= 0.6 is 0 Å². The average Bonchev–Trinajstić information content (AvgIpc) is 3.41. The summed E-state index contributed by atoms with van der Waals surface area (Å²) in [5.74, 6) is 2.19. The maximum absolute atomic E-state index is 4.61. The monoisotopic (exact) mass is 412 g/mol. The van der Waals surface area contributed by atoms with Gasteiger partial charge in [0.2, 0.25) is 0 Å². The molecule has 6 heteroatoms. The Hall–Kier alpha value is -1.66. The lowest BCUT2D eigenvalue weighted by atomic mass is 10.0. The van der Waals surface area contributed by atoms with Crippen molar-refractivity contribution in [1.29, 1.82) is 0 Å². The first-order chi connectivity index (χ1) is 14.7. The average molecular weight is 413 g/mol. The molecule has 2 saturated heterocycles. The summed E-state index contributed by atoms with van der Waals surface area (Å²) in [5.41, 5.74) is 0. The molecule has 2 aliphatic rings. The maximum Gasteiger partial charge on any atom is 0.153 e. The van der Waals surface area contributed by atoms with Gasteiger partial charge in [0.25, 0.3) is 0 Å². The van der Waals surface area contributed by atoms with Crippen molar-refractivity contribution in [2.75, 3.05) is 26.2 Å². The Bertz CT molecular complexity index is 706. The molecule has 0 spiro atoms. The van der Waals surface area contributed by atoms with Gasteiger partial charge in [-0.05, 0) is 90.7 Å². The molecule has 6 nitrogen and oxygen atoms in total. The van der Waals surface area contributed by atoms with E-state index in [0.29, 0.717) is 0 Å². The van der Waals surface area contributed by atoms with Gasteiger partial charge in [-0.15, -0.1) is 10.2 Å². The number of likely N-dealkylation sites (tertiary alicyclic amines) is 2. The van der Waals surface area contributed by atoms with E-state index in [2.05, 4.69) is 67.7 Å². The van der Waals surface area contributed by atoms with E-state index in [-0.39, 0.29) is 0 Å². The van der Waals surface area contributed by atoms with E-state index in [4.69, 9.17) is 0 Å². The van der Waals surface area contributed by atoms with Gasteiger partial charge in [0, 0.05) is 37.3 Å². The molecule has 0 bridgehead atoms. The van der Waals surface area contributed by atoms with E-state index in [1.807, 2.05) is 0 Å². The van der Waals surface area contributed by atoms with Crippen LogP contribution in [0.25, 0.3) is 0 Å². The molecule has 0 unspecified atom stereocenters. The molecule has 30 heavy (non-hydrogen) atoms. The van der Waals surface area contributed by atoms with Crippen molar-refractivity contribution in [2.45, 2.75) is 90.1 Å². The summed E-state index contributed by atoms with van der Waals surface area (Å²) in [4.78, 5) is 5.31. The van der Waals surface area contributed by atoms with Gasteiger partial charge in [-0.1, -0.05) is 12.8 Å². The molecule has 2 aromatic heterocycles. The number of piperidine rings is 2. The minimum Gasteiger partial charge on any atom is -0.301 e. The molecule has 0 aromatic carbocycles. The van der Waals surface area contributed by atoms with E-state index in [1.165, 1.54) is 64.7 Å². The zero-order chi connectivity index (χ0) is 20.8. The molecule has 4 heterocycles. The number of hydrogen-bond acceptors (Lipinski definition) is 4. The summed E-state index contributed by atoms with van der Waals surface area (Å²) >= 11 is 0. The molecule has 0 radical (unpaired) electrons. The summed E-state index contributed by atoms with van der Waals surface area (Å²) in [7, 11) is 0. The molecule has 2 aliphatic heterocycles. The molecular weight excluding hydrogens is 372 g/mol. The SMILES string of the molecule is C[C@@H]1CCCCN1CCCc1nnc(CCCN2CCCC[C@@H]2C)n1-n1cccc1. The van der Waals surface area contributed by atoms with E-state index in [0.717, 1.165) is 49.4 Å². The van der Waals surface area contributed by atoms with E-state index in [9.17, 15) is 0 Å². The summed E-state index contributed by atoms with van der Waals surface area (Å²) in [6, 6.07) is 5.62. The number of aromatic nitrogens is 4. The molecule has 2 fully saturated rings. The van der Waals surface area contributed by atoms with E-state index in [1.54, 1.807) is 0 Å². The van der Waals surface area contributed by atoms with Gasteiger partial charge in [0.1, 0.15) is 0 Å². The Labute approximate surface area is 182 Å². The second kappa shape index (κ2) is 10.6. The highest BCUT2D eigenvalue weighted by Gasteiger charge is 2.20. The zero-order valence-corrected chi connectivity index (χ0v) is 19.0. The third-order valence-electron chi connectivity index (χ3n) is 7.16. The minimum absolute atomic E-state index is 0.730. The Balaban J connectivity index is 1.36. The Morgan fingerprint density at radius 3 is 1.73 bits per heavy atom. The van der Waals surface area contributed by atoms with Crippen LogP contribution in [0, 0.1) is 0 Å². The molecule has 4 rings (SSSR count). The number of aryl methyl sites for hydroxylation is 2. The van der Waals surface area contributed by atoms with Crippen LogP contribution in [0.2, 0.25) is 0 Å². The van der Waals surface area contributed by atoms with E-state index >= 15 is 0 Å². The molecular formula is C24H40N6. The lowest BCUT2D eigenvalue weighted by Gasteiger charge is -2.33. The number of nitrogens with zero attached hydrogens (tertiary/aromatic N) is 6. The van der Waals surface area contributed by atoms with Crippen LogP contribution in [0.1, 0.15) is 76.9 Å². The van der Waals surface area contributed by atoms with Crippen molar-refractivity contribution in [3.8, 4) is 0 Å². The number of hydrogen-bond donors (Lipinski definition) is 0. The maximum atomic E-state index is 4.61. The fourth-order valence-electron chi connectivity index (χ4n) is 5.25. The molecule has 0 amide bonds. The Morgan fingerprint density at radius 2 is 1.27 bits per heavy atom. The lowest BCUT2D eigenvalue weighted by molar-refractivity contribution is 0.158. The van der Waals surface area contributed by atoms with Gasteiger partial charge < -0.3 is 9.80 Å². The first-order valence-electron chi connectivity index (χ1n) is 12.3. The topological polar surface area (TPSA) is 42.1 Å². The Morgan fingerprint density at radius 1 is 0.767 bits per heavy atom. The standard InChI is InChI=1S/C24H40N6/c1-21-11-3-5-15-27(21)17-9-13-23-25-26-24(30(23)29-19-7-8-20-29)14-10-18-28-16-6-4-12-22(28)2/h7-8,19-22H,3-6,9-18H2,1-2H3/t21-,22+. The van der Waals surface area contributed by atoms with Crippen LogP contribution in [0.15, 0.2) is 24.5 Å². The molecule has 0 aliphatic carbocycles. The Kier molecular flexibility index (Phi) is 7.61. The molecule has 2 atom stereocenters. The number of rotatable bonds is 9. The lowest BCUT2D eigenvalue weighted by Crippen LogP contribution is -2.38. The highest BCUT2D eigenvalue weighted by molar-refractivity contribution is 5.02. The smallest absolute Gasteiger partial charge is 0.153 e. The first-order valence-corrected chi connectivity index (χ1v) is 12.3. The second-order valence-corrected chi connectivity index (χ2v) is 9.38. The van der Waals surface area contributed by atoms with Crippen LogP contribution in [0.5, 0.6) is 0 Å². The van der Waals surface area contributed by atoms with Gasteiger partial charge in [0.15, 0.2) is 11.6 Å². The molecule has 166 valence electrons. The predicted molar refractivity (Wildman–Crippen MR) is 122 cm³/mol. The fourth-order valence-corrected chi connectivity index (χ4v) is 5.25. The van der Waals surface area contributed by atoms with Crippen molar-refractivity contribution in [2.24, 2.45) is 0 Å². The first kappa shape index (κ1) is 21.6. The van der Waals surface area contributed by atoms with Gasteiger partial charge in [-0.2, -0.15) is 0 Å². The van der Waals surface area contributed by atoms with Crippen LogP contribution in [0.3, 0.4) is 0 Å². The van der Waals surface area contributed by atoms with Gasteiger partial charge >= 0.3 is 0 Å². The van der Waals surface area contributed by atoms with Gasteiger partial charge in [0.05, 0.1) is 0 Å². The van der Waals surface area contributed by atoms with Crippen molar-refractivity contribution in [1.82, 2.24) is 29.3 Å². The van der Waals surface area contributed by atoms with Crippen molar-refractivity contribution in [3.63, 3.8) is 0 Å². The summed E-state index contributed by atoms with van der Waals surface area (Å²) in [6.07, 6.45) is 16.6. The van der Waals surface area contributed by atoms with Crippen LogP contribution in [0.4, 0.5) is 0 Å². The van der Waals surface area contributed by atoms with Crippen molar-refractivity contribution >= 4 is 0 Å². The largest absolute Gasteiger partial charge is 0.301 e.